The number of fused-ring (bicyclic) bond motifs is 1. The minimum absolute atomic E-state index is 0.348. The van der Waals surface area contributed by atoms with Crippen molar-refractivity contribution in [2.75, 3.05) is 0 Å². The Morgan fingerprint density at radius 1 is 0.952 bits per heavy atom. The molecule has 0 aliphatic heterocycles. The molecule has 0 spiro atoms. The van der Waals surface area contributed by atoms with Gasteiger partial charge in [0.25, 0.3) is 0 Å². The highest BCUT2D eigenvalue weighted by Gasteiger charge is 2.23. The quantitative estimate of drug-likeness (QED) is 0.538. The topological polar surface area (TPSA) is 34.1 Å². The Kier molecular flexibility index (Phi) is 3.26. The first-order valence-corrected chi connectivity index (χ1v) is 10.5. The molecule has 106 valence electrons. The Labute approximate surface area is 124 Å². The first-order valence-electron chi connectivity index (χ1n) is 7.01. The van der Waals surface area contributed by atoms with Crippen LogP contribution in [0.5, 0.6) is 0 Å². The maximum atomic E-state index is 12.3. The number of aromatic nitrogens is 1. The van der Waals surface area contributed by atoms with Gasteiger partial charge in [0.2, 0.25) is 5.69 Å². The SMILES string of the molecule is C[Si](C)(C)c1cccc2c[n+](-c3ccccc3)c(=O)oc12. The second-order valence-corrected chi connectivity index (χ2v) is 11.2. The summed E-state index contributed by atoms with van der Waals surface area (Å²) in [4.78, 5) is 12.3. The van der Waals surface area contributed by atoms with E-state index in [0.29, 0.717) is 0 Å². The molecule has 0 saturated heterocycles. The fourth-order valence-corrected chi connectivity index (χ4v) is 3.93. The van der Waals surface area contributed by atoms with Gasteiger partial charge >= 0.3 is 5.76 Å². The average molecular weight is 296 g/mol. The fourth-order valence-electron chi connectivity index (χ4n) is 2.46. The maximum absolute atomic E-state index is 12.3. The Morgan fingerprint density at radius 2 is 1.67 bits per heavy atom. The molecular formula is C17H18NO2Si+. The van der Waals surface area contributed by atoms with Crippen LogP contribution in [0.2, 0.25) is 19.6 Å². The lowest BCUT2D eigenvalue weighted by atomic mass is 10.2. The Bertz CT molecular complexity index is 848. The standard InChI is InChI=1S/C17H18NO2Si/c1-21(2,3)15-11-7-8-13-12-18(17(19)20-16(13)15)14-9-5-4-6-10-14/h4-12H,1-3H3/q+1. The van der Waals surface area contributed by atoms with Gasteiger partial charge in [-0.25, -0.2) is 0 Å². The fraction of sp³-hybridized carbons (Fsp3) is 0.176. The lowest BCUT2D eigenvalue weighted by Crippen LogP contribution is -2.47. The van der Waals surface area contributed by atoms with Gasteiger partial charge in [-0.2, -0.15) is 4.79 Å². The van der Waals surface area contributed by atoms with Crippen LogP contribution in [0.15, 0.2) is 63.9 Å². The monoisotopic (exact) mass is 296 g/mol. The lowest BCUT2D eigenvalue weighted by molar-refractivity contribution is -0.623. The van der Waals surface area contributed by atoms with Crippen LogP contribution in [-0.2, 0) is 0 Å². The molecule has 0 bridgehead atoms. The molecule has 0 radical (unpaired) electrons. The number of rotatable bonds is 2. The molecule has 3 nitrogen and oxygen atoms in total. The van der Waals surface area contributed by atoms with Crippen LogP contribution in [0.25, 0.3) is 16.7 Å². The van der Waals surface area contributed by atoms with E-state index in [-0.39, 0.29) is 5.76 Å². The number of nitrogens with zero attached hydrogens (tertiary/aromatic N) is 1. The summed E-state index contributed by atoms with van der Waals surface area (Å²) in [5.41, 5.74) is 1.54. The minimum Gasteiger partial charge on any atom is -0.371 e. The molecule has 0 aliphatic rings. The Morgan fingerprint density at radius 3 is 2.33 bits per heavy atom. The average Bonchev–Trinajstić information content (AvgIpc) is 2.46. The van der Waals surface area contributed by atoms with Crippen molar-refractivity contribution in [1.29, 1.82) is 0 Å². The van der Waals surface area contributed by atoms with Gasteiger partial charge in [0.05, 0.1) is 13.5 Å². The molecule has 0 saturated carbocycles. The largest absolute Gasteiger partial charge is 0.608 e. The first-order chi connectivity index (χ1) is 9.97. The molecule has 1 heterocycles. The molecule has 0 N–H and O–H groups in total. The van der Waals surface area contributed by atoms with Crippen molar-refractivity contribution in [3.05, 3.63) is 65.3 Å². The molecule has 21 heavy (non-hydrogen) atoms. The molecule has 0 unspecified atom stereocenters. The lowest BCUT2D eigenvalue weighted by Gasteiger charge is -2.16. The molecule has 0 fully saturated rings. The van der Waals surface area contributed by atoms with E-state index in [9.17, 15) is 4.79 Å². The van der Waals surface area contributed by atoms with Crippen molar-refractivity contribution >= 4 is 24.2 Å². The zero-order valence-corrected chi connectivity index (χ0v) is 13.5. The number of hydrogen-bond acceptors (Lipinski definition) is 2. The first kappa shape index (κ1) is 13.8. The van der Waals surface area contributed by atoms with Gasteiger partial charge < -0.3 is 4.42 Å². The summed E-state index contributed by atoms with van der Waals surface area (Å²) >= 11 is 0. The van der Waals surface area contributed by atoms with E-state index in [0.717, 1.165) is 16.7 Å². The van der Waals surface area contributed by atoms with Crippen LogP contribution >= 0.6 is 0 Å². The van der Waals surface area contributed by atoms with Crippen molar-refractivity contribution in [3.8, 4) is 5.69 Å². The van der Waals surface area contributed by atoms with Crippen LogP contribution in [0, 0.1) is 0 Å². The van der Waals surface area contributed by atoms with Crippen LogP contribution in [-0.4, -0.2) is 8.07 Å². The molecule has 1 aromatic heterocycles. The molecule has 4 heteroatoms. The van der Waals surface area contributed by atoms with Gasteiger partial charge in [0.15, 0.2) is 6.20 Å². The van der Waals surface area contributed by atoms with Crippen LogP contribution in [0.1, 0.15) is 0 Å². The molecule has 3 aromatic rings. The predicted molar refractivity (Wildman–Crippen MR) is 87.0 cm³/mol. The summed E-state index contributed by atoms with van der Waals surface area (Å²) in [6.07, 6.45) is 1.86. The summed E-state index contributed by atoms with van der Waals surface area (Å²) in [7, 11) is -1.56. The summed E-state index contributed by atoms with van der Waals surface area (Å²) in [6.45, 7) is 6.75. The van der Waals surface area contributed by atoms with Gasteiger partial charge in [-0.3, -0.25) is 0 Å². The van der Waals surface area contributed by atoms with Crippen molar-refractivity contribution in [2.24, 2.45) is 0 Å². The third kappa shape index (κ3) is 2.54. The van der Waals surface area contributed by atoms with Crippen molar-refractivity contribution in [3.63, 3.8) is 0 Å². The third-order valence-electron chi connectivity index (χ3n) is 3.54. The van der Waals surface area contributed by atoms with Gasteiger partial charge in [-0.15, -0.1) is 0 Å². The molecule has 3 rings (SSSR count). The maximum Gasteiger partial charge on any atom is 0.608 e. The van der Waals surface area contributed by atoms with E-state index in [1.807, 2.05) is 48.7 Å². The minimum atomic E-state index is -1.56. The summed E-state index contributed by atoms with van der Waals surface area (Å²) < 4.78 is 7.20. The van der Waals surface area contributed by atoms with E-state index in [4.69, 9.17) is 4.42 Å². The van der Waals surface area contributed by atoms with Crippen LogP contribution < -0.4 is 15.5 Å². The highest BCUT2D eigenvalue weighted by atomic mass is 28.3. The van der Waals surface area contributed by atoms with Crippen molar-refractivity contribution < 1.29 is 8.98 Å². The van der Waals surface area contributed by atoms with E-state index in [1.54, 1.807) is 4.57 Å². The van der Waals surface area contributed by atoms with Crippen LogP contribution in [0.3, 0.4) is 0 Å². The molecule has 2 aromatic carbocycles. The van der Waals surface area contributed by atoms with Crippen LogP contribution in [0.4, 0.5) is 0 Å². The van der Waals surface area contributed by atoms with E-state index < -0.39 is 8.07 Å². The van der Waals surface area contributed by atoms with Gasteiger partial charge in [-0.1, -0.05) is 54.5 Å². The summed E-state index contributed by atoms with van der Waals surface area (Å²) in [6, 6.07) is 15.6. The van der Waals surface area contributed by atoms with Gasteiger partial charge in [-0.05, 0) is 11.3 Å². The van der Waals surface area contributed by atoms with E-state index in [2.05, 4.69) is 25.7 Å². The summed E-state index contributed by atoms with van der Waals surface area (Å²) in [5.74, 6) is -0.348. The van der Waals surface area contributed by atoms with Gasteiger partial charge in [0.1, 0.15) is 5.58 Å². The third-order valence-corrected chi connectivity index (χ3v) is 5.55. The zero-order chi connectivity index (χ0) is 15.0. The highest BCUT2D eigenvalue weighted by Crippen LogP contribution is 2.13. The highest BCUT2D eigenvalue weighted by molar-refractivity contribution is 6.90. The smallest absolute Gasteiger partial charge is 0.371 e. The normalized spacial score (nSPS) is 11.8. The predicted octanol–water partition coefficient (Wildman–Crippen LogP) is 2.61. The zero-order valence-electron chi connectivity index (χ0n) is 12.5. The summed E-state index contributed by atoms with van der Waals surface area (Å²) in [5, 5.41) is 2.13. The van der Waals surface area contributed by atoms with Crippen molar-refractivity contribution in [2.45, 2.75) is 19.6 Å². The van der Waals surface area contributed by atoms with E-state index in [1.165, 1.54) is 5.19 Å². The van der Waals surface area contributed by atoms with Gasteiger partial charge in [0, 0.05) is 12.1 Å². The number of benzene rings is 2. The Balaban J connectivity index is 2.30. The van der Waals surface area contributed by atoms with Crippen molar-refractivity contribution in [1.82, 2.24) is 0 Å². The molecular weight excluding hydrogens is 278 g/mol. The molecule has 0 amide bonds. The van der Waals surface area contributed by atoms with E-state index >= 15 is 0 Å². The Hall–Kier alpha value is -2.20. The molecule has 0 atom stereocenters. The molecule has 0 aliphatic carbocycles. The number of hydrogen-bond donors (Lipinski definition) is 0. The second kappa shape index (κ2) is 4.97. The number of para-hydroxylation sites is 2. The second-order valence-electron chi connectivity index (χ2n) is 6.18.